The molecule has 0 aliphatic rings. The van der Waals surface area contributed by atoms with Crippen LogP contribution in [0.15, 0.2) is 0 Å². The standard InChI is InChI=1S/C9H22N.C2HF6NO4S2/c1-5-6-7-8-9-10(2,3)4;3-1(4,5)14(10,11)9-15(12,13)2(6,7)8/h5-9H2,1-4H3;9H/q+1;. The van der Waals surface area contributed by atoms with Gasteiger partial charge in [0.05, 0.1) is 27.7 Å². The maximum atomic E-state index is 11.5. The lowest BCUT2D eigenvalue weighted by molar-refractivity contribution is -0.870. The molecule has 0 rings (SSSR count). The highest BCUT2D eigenvalue weighted by molar-refractivity contribution is 8.05. The Morgan fingerprint density at radius 3 is 1.36 bits per heavy atom. The Balaban J connectivity index is 0. The van der Waals surface area contributed by atoms with Crippen molar-refractivity contribution >= 4 is 20.0 Å². The third kappa shape index (κ3) is 11.6. The Labute approximate surface area is 143 Å². The fourth-order valence-electron chi connectivity index (χ4n) is 1.25. The number of sulfonamides is 2. The molecule has 0 amide bonds. The first kappa shape index (κ1) is 26.6. The third-order valence-electron chi connectivity index (χ3n) is 2.51. The van der Waals surface area contributed by atoms with Crippen LogP contribution in [0.2, 0.25) is 0 Å². The molecule has 154 valence electrons. The van der Waals surface area contributed by atoms with Crippen LogP contribution in [0.3, 0.4) is 0 Å². The number of hydrogen-bond donors (Lipinski definition) is 1. The summed E-state index contributed by atoms with van der Waals surface area (Å²) < 4.78 is 109. The minimum atomic E-state index is -6.60. The van der Waals surface area contributed by atoms with E-state index in [1.807, 2.05) is 0 Å². The van der Waals surface area contributed by atoms with Crippen LogP contribution in [0.4, 0.5) is 26.3 Å². The quantitative estimate of drug-likeness (QED) is 0.386. The molecule has 0 saturated carbocycles. The molecule has 0 aliphatic carbocycles. The monoisotopic (exact) mass is 425 g/mol. The highest BCUT2D eigenvalue weighted by atomic mass is 32.3. The number of rotatable bonds is 7. The van der Waals surface area contributed by atoms with Gasteiger partial charge in [-0.05, 0) is 12.8 Å². The smallest absolute Gasteiger partial charge is 0.331 e. The second-order valence-corrected chi connectivity index (χ2v) is 9.66. The highest BCUT2D eigenvalue weighted by Crippen LogP contribution is 2.27. The fourth-order valence-corrected chi connectivity index (χ4v) is 3.16. The van der Waals surface area contributed by atoms with Gasteiger partial charge in [-0.15, -0.1) is 0 Å². The van der Waals surface area contributed by atoms with Gasteiger partial charge in [0.15, 0.2) is 0 Å². The van der Waals surface area contributed by atoms with Crippen molar-refractivity contribution in [3.05, 3.63) is 0 Å². The van der Waals surface area contributed by atoms with Crippen LogP contribution in [0.25, 0.3) is 0 Å². The van der Waals surface area contributed by atoms with Crippen molar-refractivity contribution in [1.82, 2.24) is 4.13 Å². The number of nitrogens with one attached hydrogen (secondary N) is 1. The normalized spacial score (nSPS) is 14.0. The van der Waals surface area contributed by atoms with E-state index in [0.29, 0.717) is 0 Å². The maximum absolute atomic E-state index is 11.5. The van der Waals surface area contributed by atoms with Crippen LogP contribution in [0.1, 0.15) is 32.6 Å². The fraction of sp³-hybridized carbons (Fsp3) is 1.00. The van der Waals surface area contributed by atoms with Gasteiger partial charge < -0.3 is 4.48 Å². The Morgan fingerprint density at radius 2 is 1.12 bits per heavy atom. The van der Waals surface area contributed by atoms with Gasteiger partial charge in [0.25, 0.3) is 0 Å². The van der Waals surface area contributed by atoms with E-state index in [-0.39, 0.29) is 0 Å². The summed E-state index contributed by atoms with van der Waals surface area (Å²) in [4.78, 5) is 0. The largest absolute Gasteiger partial charge is 0.512 e. The van der Waals surface area contributed by atoms with Crippen molar-refractivity contribution < 1.29 is 47.7 Å². The van der Waals surface area contributed by atoms with Crippen LogP contribution in [-0.4, -0.2) is 60.0 Å². The summed E-state index contributed by atoms with van der Waals surface area (Å²) in [5, 5.41) is 0. The maximum Gasteiger partial charge on any atom is 0.512 e. The first-order valence-corrected chi connectivity index (χ1v) is 9.95. The van der Waals surface area contributed by atoms with Gasteiger partial charge in [-0.25, -0.2) is 16.8 Å². The average Bonchev–Trinajstić information content (AvgIpc) is 2.30. The molecule has 0 bridgehead atoms. The zero-order valence-corrected chi connectivity index (χ0v) is 15.8. The lowest BCUT2D eigenvalue weighted by Gasteiger charge is -2.23. The molecule has 0 aromatic carbocycles. The van der Waals surface area contributed by atoms with Crippen molar-refractivity contribution in [2.75, 3.05) is 27.7 Å². The second-order valence-electron chi connectivity index (χ2n) is 6.06. The summed E-state index contributed by atoms with van der Waals surface area (Å²) in [7, 11) is -6.43. The molecular formula is C11H23F6N2O4S2+. The molecule has 1 N–H and O–H groups in total. The van der Waals surface area contributed by atoms with Crippen molar-refractivity contribution in [2.45, 2.75) is 43.6 Å². The molecule has 0 spiro atoms. The van der Waals surface area contributed by atoms with E-state index in [4.69, 9.17) is 0 Å². The molecule has 0 radical (unpaired) electrons. The number of hydrogen-bond acceptors (Lipinski definition) is 4. The number of alkyl halides is 6. The van der Waals surface area contributed by atoms with E-state index in [1.165, 1.54) is 32.2 Å². The van der Waals surface area contributed by atoms with Crippen molar-refractivity contribution in [1.29, 1.82) is 0 Å². The van der Waals surface area contributed by atoms with Gasteiger partial charge >= 0.3 is 31.1 Å². The summed E-state index contributed by atoms with van der Waals surface area (Å²) in [6.07, 6.45) is 5.54. The summed E-state index contributed by atoms with van der Waals surface area (Å²) in [6.45, 7) is 3.58. The molecule has 14 heteroatoms. The van der Waals surface area contributed by atoms with E-state index >= 15 is 0 Å². The van der Waals surface area contributed by atoms with Crippen molar-refractivity contribution in [3.63, 3.8) is 0 Å². The van der Waals surface area contributed by atoms with Gasteiger partial charge in [-0.2, -0.15) is 26.3 Å². The molecule has 0 aromatic rings. The van der Waals surface area contributed by atoms with E-state index in [1.54, 1.807) is 0 Å². The van der Waals surface area contributed by atoms with Gasteiger partial charge in [-0.3, -0.25) is 0 Å². The van der Waals surface area contributed by atoms with Crippen LogP contribution in [0, 0.1) is 0 Å². The Morgan fingerprint density at radius 1 is 0.760 bits per heavy atom. The summed E-state index contributed by atoms with van der Waals surface area (Å²) in [6, 6.07) is 0. The molecule has 0 aliphatic heterocycles. The molecule has 0 fully saturated rings. The Kier molecular flexibility index (Phi) is 9.98. The highest BCUT2D eigenvalue weighted by Gasteiger charge is 2.55. The average molecular weight is 425 g/mol. The Hall–Kier alpha value is -0.600. The van der Waals surface area contributed by atoms with Crippen molar-refractivity contribution in [2.24, 2.45) is 0 Å². The van der Waals surface area contributed by atoms with E-state index in [2.05, 4.69) is 28.1 Å². The Bertz CT molecular complexity index is 550. The van der Waals surface area contributed by atoms with E-state index in [9.17, 15) is 43.2 Å². The minimum Gasteiger partial charge on any atom is -0.331 e. The van der Waals surface area contributed by atoms with E-state index < -0.39 is 35.2 Å². The third-order valence-corrected chi connectivity index (χ3v) is 5.49. The van der Waals surface area contributed by atoms with Crippen LogP contribution in [-0.2, 0) is 20.0 Å². The zero-order chi connectivity index (χ0) is 20.7. The van der Waals surface area contributed by atoms with Gasteiger partial charge in [-0.1, -0.05) is 23.9 Å². The molecule has 0 heterocycles. The molecule has 0 aromatic heterocycles. The number of nitrogens with zero attached hydrogens (tertiary/aromatic N) is 1. The number of halogens is 6. The predicted octanol–water partition coefficient (Wildman–Crippen LogP) is 2.55. The molecular weight excluding hydrogens is 402 g/mol. The summed E-state index contributed by atoms with van der Waals surface area (Å²) in [5.74, 6) is 0. The summed E-state index contributed by atoms with van der Waals surface area (Å²) >= 11 is 0. The van der Waals surface area contributed by atoms with Crippen LogP contribution in [0.5, 0.6) is 0 Å². The lowest BCUT2D eigenvalue weighted by Crippen LogP contribution is -2.45. The number of unbranched alkanes of at least 4 members (excludes halogenated alkanes) is 3. The van der Waals surface area contributed by atoms with Crippen molar-refractivity contribution in [3.8, 4) is 0 Å². The second kappa shape index (κ2) is 9.37. The first-order chi connectivity index (χ1) is 10.8. The minimum absolute atomic E-state index is 0.493. The molecule has 0 saturated heterocycles. The van der Waals surface area contributed by atoms with Crippen LogP contribution >= 0.6 is 0 Å². The SMILES string of the molecule is CCCCCC[N+](C)(C)C.O=S(=O)(NS(=O)(=O)C(F)(F)F)C(F)(F)F. The van der Waals surface area contributed by atoms with Gasteiger partial charge in [0, 0.05) is 0 Å². The van der Waals surface area contributed by atoms with Gasteiger partial charge in [0.2, 0.25) is 0 Å². The molecule has 0 atom stereocenters. The first-order valence-electron chi connectivity index (χ1n) is 6.98. The molecule has 6 nitrogen and oxygen atoms in total. The number of quaternary nitrogens is 1. The molecule has 0 unspecified atom stereocenters. The predicted molar refractivity (Wildman–Crippen MR) is 80.1 cm³/mol. The van der Waals surface area contributed by atoms with Crippen LogP contribution < -0.4 is 4.13 Å². The molecule has 25 heavy (non-hydrogen) atoms. The van der Waals surface area contributed by atoms with Gasteiger partial charge in [0.1, 0.15) is 0 Å². The summed E-state index contributed by atoms with van der Waals surface area (Å²) in [5.41, 5.74) is -12.3. The topological polar surface area (TPSA) is 80.3 Å². The lowest BCUT2D eigenvalue weighted by atomic mass is 10.2. The van der Waals surface area contributed by atoms with E-state index in [0.717, 1.165) is 4.48 Å². The zero-order valence-electron chi connectivity index (χ0n) is 14.2.